The number of nitrogens with zero attached hydrogens (tertiary/aromatic N) is 2. The Hall–Kier alpha value is -2.67. The Labute approximate surface area is 104 Å². The van der Waals surface area contributed by atoms with E-state index in [4.69, 9.17) is 10.4 Å². The van der Waals surface area contributed by atoms with Crippen LogP contribution in [0.1, 0.15) is 21.5 Å². The Bertz CT molecular complexity index is 640. The highest BCUT2D eigenvalue weighted by Crippen LogP contribution is 2.20. The van der Waals surface area contributed by atoms with E-state index in [-0.39, 0.29) is 5.56 Å². The third-order valence-electron chi connectivity index (χ3n) is 2.66. The fraction of sp³-hybridized carbons (Fsp3) is 0.0714. The monoisotopic (exact) mass is 238 g/mol. The maximum atomic E-state index is 10.7. The minimum Gasteiger partial charge on any atom is -0.478 e. The van der Waals surface area contributed by atoms with Crippen LogP contribution in [-0.4, -0.2) is 16.1 Å². The second kappa shape index (κ2) is 4.68. The molecule has 4 nitrogen and oxygen atoms in total. The van der Waals surface area contributed by atoms with E-state index in [0.717, 1.165) is 16.8 Å². The molecule has 0 amide bonds. The lowest BCUT2D eigenvalue weighted by Gasteiger charge is -2.03. The van der Waals surface area contributed by atoms with Gasteiger partial charge in [0.25, 0.3) is 0 Å². The van der Waals surface area contributed by atoms with E-state index in [1.807, 2.05) is 13.0 Å². The molecular formula is C14H10N2O2. The molecule has 0 bridgehead atoms. The van der Waals surface area contributed by atoms with Gasteiger partial charge in [0.05, 0.1) is 16.8 Å². The zero-order chi connectivity index (χ0) is 13.1. The largest absolute Gasteiger partial charge is 0.478 e. The Balaban J connectivity index is 2.40. The summed E-state index contributed by atoms with van der Waals surface area (Å²) >= 11 is 0. The zero-order valence-electron chi connectivity index (χ0n) is 9.71. The molecule has 1 aromatic heterocycles. The average molecular weight is 238 g/mol. The first-order valence-corrected chi connectivity index (χ1v) is 5.32. The molecule has 1 aromatic carbocycles. The molecule has 0 aliphatic heterocycles. The third kappa shape index (κ3) is 2.20. The summed E-state index contributed by atoms with van der Waals surface area (Å²) in [6.07, 6.45) is 1.52. The molecule has 0 saturated heterocycles. The quantitative estimate of drug-likeness (QED) is 0.872. The van der Waals surface area contributed by atoms with Crippen LogP contribution in [0.25, 0.3) is 11.3 Å². The summed E-state index contributed by atoms with van der Waals surface area (Å²) in [7, 11) is 0. The molecule has 4 heteroatoms. The van der Waals surface area contributed by atoms with E-state index >= 15 is 0 Å². The van der Waals surface area contributed by atoms with Gasteiger partial charge in [-0.15, -0.1) is 0 Å². The summed E-state index contributed by atoms with van der Waals surface area (Å²) in [5, 5.41) is 17.6. The SMILES string of the molecule is Cc1cc(-c2ccc(C(=O)O)cc2)ncc1C#N. The first-order valence-electron chi connectivity index (χ1n) is 5.32. The highest BCUT2D eigenvalue weighted by Gasteiger charge is 2.05. The van der Waals surface area contributed by atoms with Gasteiger partial charge in [-0.05, 0) is 30.7 Å². The number of benzene rings is 1. The number of rotatable bonds is 2. The molecule has 0 unspecified atom stereocenters. The summed E-state index contributed by atoms with van der Waals surface area (Å²) in [5.41, 5.74) is 3.19. The Kier molecular flexibility index (Phi) is 3.07. The summed E-state index contributed by atoms with van der Waals surface area (Å²) in [6, 6.07) is 10.4. The van der Waals surface area contributed by atoms with Crippen LogP contribution in [0.5, 0.6) is 0 Å². The van der Waals surface area contributed by atoms with Crippen molar-refractivity contribution in [3.63, 3.8) is 0 Å². The van der Waals surface area contributed by atoms with Crippen molar-refractivity contribution in [3.8, 4) is 17.3 Å². The second-order valence-electron chi connectivity index (χ2n) is 3.88. The van der Waals surface area contributed by atoms with Crippen LogP contribution in [0.4, 0.5) is 0 Å². The summed E-state index contributed by atoms with van der Waals surface area (Å²) in [5.74, 6) is -0.953. The lowest BCUT2D eigenvalue weighted by Crippen LogP contribution is -1.95. The lowest BCUT2D eigenvalue weighted by molar-refractivity contribution is 0.0697. The van der Waals surface area contributed by atoms with Crippen LogP contribution in [0.3, 0.4) is 0 Å². The number of aromatic nitrogens is 1. The van der Waals surface area contributed by atoms with Gasteiger partial charge in [-0.2, -0.15) is 5.26 Å². The van der Waals surface area contributed by atoms with E-state index < -0.39 is 5.97 Å². The topological polar surface area (TPSA) is 74.0 Å². The van der Waals surface area contributed by atoms with E-state index in [1.165, 1.54) is 18.3 Å². The zero-order valence-corrected chi connectivity index (χ0v) is 9.71. The van der Waals surface area contributed by atoms with Gasteiger partial charge >= 0.3 is 5.97 Å². The van der Waals surface area contributed by atoms with E-state index in [2.05, 4.69) is 11.1 Å². The molecule has 1 N–H and O–H groups in total. The molecule has 1 heterocycles. The molecule has 18 heavy (non-hydrogen) atoms. The molecule has 0 spiro atoms. The summed E-state index contributed by atoms with van der Waals surface area (Å²) in [6.45, 7) is 1.84. The lowest BCUT2D eigenvalue weighted by atomic mass is 10.1. The van der Waals surface area contributed by atoms with Gasteiger partial charge in [0, 0.05) is 11.8 Å². The highest BCUT2D eigenvalue weighted by molar-refractivity contribution is 5.88. The van der Waals surface area contributed by atoms with E-state index in [0.29, 0.717) is 5.56 Å². The van der Waals surface area contributed by atoms with Crippen molar-refractivity contribution in [2.75, 3.05) is 0 Å². The number of aryl methyl sites for hydroxylation is 1. The number of pyridine rings is 1. The minimum absolute atomic E-state index is 0.240. The smallest absolute Gasteiger partial charge is 0.335 e. The molecule has 2 rings (SSSR count). The molecular weight excluding hydrogens is 228 g/mol. The molecule has 0 atom stereocenters. The Morgan fingerprint density at radius 2 is 2.00 bits per heavy atom. The fourth-order valence-electron chi connectivity index (χ4n) is 1.61. The van der Waals surface area contributed by atoms with Gasteiger partial charge < -0.3 is 5.11 Å². The van der Waals surface area contributed by atoms with Crippen LogP contribution in [0.2, 0.25) is 0 Å². The summed E-state index contributed by atoms with van der Waals surface area (Å²) < 4.78 is 0. The van der Waals surface area contributed by atoms with Gasteiger partial charge in [0.15, 0.2) is 0 Å². The van der Waals surface area contributed by atoms with Crippen LogP contribution >= 0.6 is 0 Å². The Morgan fingerprint density at radius 1 is 1.33 bits per heavy atom. The molecule has 0 aliphatic carbocycles. The number of carboxylic acid groups (broad SMARTS) is 1. The van der Waals surface area contributed by atoms with Gasteiger partial charge in [-0.25, -0.2) is 4.79 Å². The maximum absolute atomic E-state index is 10.7. The van der Waals surface area contributed by atoms with Gasteiger partial charge in [-0.1, -0.05) is 12.1 Å². The number of aromatic carboxylic acids is 1. The van der Waals surface area contributed by atoms with E-state index in [9.17, 15) is 4.79 Å². The number of hydrogen-bond acceptors (Lipinski definition) is 3. The van der Waals surface area contributed by atoms with Crippen molar-refractivity contribution < 1.29 is 9.90 Å². The first kappa shape index (κ1) is 11.8. The number of carbonyl (C=O) groups is 1. The van der Waals surface area contributed by atoms with Gasteiger partial charge in [-0.3, -0.25) is 4.98 Å². The molecule has 0 saturated carbocycles. The molecule has 2 aromatic rings. The number of hydrogen-bond donors (Lipinski definition) is 1. The predicted molar refractivity (Wildman–Crippen MR) is 66.1 cm³/mol. The molecule has 0 fully saturated rings. The second-order valence-corrected chi connectivity index (χ2v) is 3.88. The summed E-state index contributed by atoms with van der Waals surface area (Å²) in [4.78, 5) is 14.9. The molecule has 88 valence electrons. The van der Waals surface area contributed by atoms with E-state index in [1.54, 1.807) is 12.1 Å². The van der Waals surface area contributed by atoms with Gasteiger partial charge in [0.1, 0.15) is 6.07 Å². The van der Waals surface area contributed by atoms with Crippen molar-refractivity contribution in [1.29, 1.82) is 5.26 Å². The molecule has 0 aliphatic rings. The Morgan fingerprint density at radius 3 is 2.50 bits per heavy atom. The minimum atomic E-state index is -0.953. The average Bonchev–Trinajstić information content (AvgIpc) is 2.38. The van der Waals surface area contributed by atoms with Crippen molar-refractivity contribution in [1.82, 2.24) is 4.98 Å². The number of carboxylic acids is 1. The number of nitriles is 1. The van der Waals surface area contributed by atoms with Gasteiger partial charge in [0.2, 0.25) is 0 Å². The third-order valence-corrected chi connectivity index (χ3v) is 2.66. The standard InChI is InChI=1S/C14H10N2O2/c1-9-6-13(16-8-12(9)7-15)10-2-4-11(5-3-10)14(17)18/h2-6,8H,1H3,(H,17,18). The predicted octanol–water partition coefficient (Wildman–Crippen LogP) is 2.63. The molecule has 0 radical (unpaired) electrons. The highest BCUT2D eigenvalue weighted by atomic mass is 16.4. The van der Waals surface area contributed by atoms with Crippen LogP contribution in [-0.2, 0) is 0 Å². The normalized spacial score (nSPS) is 9.78. The van der Waals surface area contributed by atoms with Crippen molar-refractivity contribution in [2.24, 2.45) is 0 Å². The fourth-order valence-corrected chi connectivity index (χ4v) is 1.61. The van der Waals surface area contributed by atoms with Crippen molar-refractivity contribution in [3.05, 3.63) is 53.2 Å². The van der Waals surface area contributed by atoms with Crippen LogP contribution < -0.4 is 0 Å². The van der Waals surface area contributed by atoms with Crippen molar-refractivity contribution in [2.45, 2.75) is 6.92 Å². The van der Waals surface area contributed by atoms with Crippen LogP contribution in [0.15, 0.2) is 36.5 Å². The maximum Gasteiger partial charge on any atom is 0.335 e. The van der Waals surface area contributed by atoms with Crippen LogP contribution in [0, 0.1) is 18.3 Å². The first-order chi connectivity index (χ1) is 8.61. The van der Waals surface area contributed by atoms with Crippen molar-refractivity contribution >= 4 is 5.97 Å².